The molecule has 0 radical (unpaired) electrons. The van der Waals surface area contributed by atoms with E-state index in [0.717, 1.165) is 16.9 Å². The van der Waals surface area contributed by atoms with Crippen molar-refractivity contribution in [3.05, 3.63) is 100.0 Å². The van der Waals surface area contributed by atoms with Gasteiger partial charge in [-0.1, -0.05) is 36.4 Å². The molecule has 138 valence electrons. The Hall–Kier alpha value is -3.47. The number of hydrogen-bond donors (Lipinski definition) is 1. The Morgan fingerprint density at radius 1 is 0.963 bits per heavy atom. The summed E-state index contributed by atoms with van der Waals surface area (Å²) in [5.74, 6) is 1.35. The second-order valence-corrected chi connectivity index (χ2v) is 6.06. The number of aryl methyl sites for hydroxylation is 1. The predicted molar refractivity (Wildman–Crippen MR) is 104 cm³/mol. The van der Waals surface area contributed by atoms with Crippen LogP contribution in [0, 0.1) is 6.92 Å². The van der Waals surface area contributed by atoms with Gasteiger partial charge in [0.15, 0.2) is 0 Å². The van der Waals surface area contributed by atoms with Crippen molar-refractivity contribution in [2.75, 3.05) is 6.61 Å². The van der Waals surface area contributed by atoms with E-state index in [-0.39, 0.29) is 6.61 Å². The van der Waals surface area contributed by atoms with E-state index >= 15 is 0 Å². The van der Waals surface area contributed by atoms with Gasteiger partial charge in [-0.2, -0.15) is 0 Å². The first-order valence-electron chi connectivity index (χ1n) is 8.61. The van der Waals surface area contributed by atoms with E-state index in [1.807, 2.05) is 54.6 Å². The Morgan fingerprint density at radius 3 is 2.33 bits per heavy atom. The van der Waals surface area contributed by atoms with Crippen molar-refractivity contribution in [3.8, 4) is 11.5 Å². The van der Waals surface area contributed by atoms with Crippen LogP contribution in [0.3, 0.4) is 0 Å². The quantitative estimate of drug-likeness (QED) is 0.643. The van der Waals surface area contributed by atoms with E-state index in [9.17, 15) is 10.0 Å². The third-order valence-electron chi connectivity index (χ3n) is 3.89. The lowest BCUT2D eigenvalue weighted by atomic mass is 10.2. The van der Waals surface area contributed by atoms with E-state index in [2.05, 4.69) is 0 Å². The van der Waals surface area contributed by atoms with Crippen LogP contribution in [0.1, 0.15) is 16.8 Å². The molecule has 0 amide bonds. The molecule has 3 aromatic rings. The van der Waals surface area contributed by atoms with Crippen LogP contribution in [-0.2, 0) is 6.61 Å². The molecule has 2 aromatic carbocycles. The maximum atomic E-state index is 11.6. The second-order valence-electron chi connectivity index (χ2n) is 6.06. The first-order chi connectivity index (χ1) is 13.1. The van der Waals surface area contributed by atoms with E-state index in [0.29, 0.717) is 22.8 Å². The Kier molecular flexibility index (Phi) is 5.94. The van der Waals surface area contributed by atoms with Crippen LogP contribution in [0.25, 0.3) is 6.08 Å². The molecule has 5 heteroatoms. The van der Waals surface area contributed by atoms with Crippen LogP contribution in [0.2, 0.25) is 0 Å². The smallest absolute Gasteiger partial charge is 0.283 e. The van der Waals surface area contributed by atoms with Gasteiger partial charge in [0.05, 0.1) is 5.69 Å². The fourth-order valence-corrected chi connectivity index (χ4v) is 2.55. The van der Waals surface area contributed by atoms with Gasteiger partial charge in [-0.15, -0.1) is 4.73 Å². The molecular weight excluding hydrogens is 342 g/mol. The van der Waals surface area contributed by atoms with Crippen molar-refractivity contribution in [3.63, 3.8) is 0 Å². The van der Waals surface area contributed by atoms with Gasteiger partial charge in [0.1, 0.15) is 24.7 Å². The summed E-state index contributed by atoms with van der Waals surface area (Å²) in [4.78, 5) is 11.6. The van der Waals surface area contributed by atoms with Gasteiger partial charge in [-0.25, -0.2) is 0 Å². The van der Waals surface area contributed by atoms with Crippen LogP contribution in [-0.4, -0.2) is 16.5 Å². The third-order valence-corrected chi connectivity index (χ3v) is 3.89. The standard InChI is InChI=1S/C22H21NO4/c1-17-14-19(23(25)22(24)15-17)16-27-21-11-9-20(10-12-21)26-13-5-8-18-6-3-2-4-7-18/h2-12,14-15,25H,13,16H2,1H3/b8-5+. The molecule has 0 atom stereocenters. The molecule has 1 N–H and O–H groups in total. The zero-order chi connectivity index (χ0) is 19.1. The summed E-state index contributed by atoms with van der Waals surface area (Å²) in [5.41, 5.74) is 1.83. The average Bonchev–Trinajstić information content (AvgIpc) is 2.68. The molecule has 1 aromatic heterocycles. The van der Waals surface area contributed by atoms with Crippen molar-refractivity contribution in [1.82, 2.24) is 4.73 Å². The summed E-state index contributed by atoms with van der Waals surface area (Å²) in [6.45, 7) is 2.35. The number of benzene rings is 2. The van der Waals surface area contributed by atoms with Crippen LogP contribution < -0.4 is 15.0 Å². The highest BCUT2D eigenvalue weighted by Crippen LogP contribution is 2.18. The van der Waals surface area contributed by atoms with Gasteiger partial charge in [0.2, 0.25) is 0 Å². The highest BCUT2D eigenvalue weighted by atomic mass is 16.5. The number of hydrogen-bond acceptors (Lipinski definition) is 4. The molecule has 5 nitrogen and oxygen atoms in total. The minimum Gasteiger partial charge on any atom is -0.490 e. The van der Waals surface area contributed by atoms with Crippen molar-refractivity contribution in [1.29, 1.82) is 0 Å². The number of ether oxygens (including phenoxy) is 2. The summed E-state index contributed by atoms with van der Waals surface area (Å²) in [5, 5.41) is 9.74. The number of pyridine rings is 1. The molecule has 0 saturated carbocycles. The van der Waals surface area contributed by atoms with E-state index < -0.39 is 5.56 Å². The van der Waals surface area contributed by atoms with Crippen molar-refractivity contribution < 1.29 is 14.7 Å². The molecule has 0 spiro atoms. The maximum absolute atomic E-state index is 11.6. The summed E-state index contributed by atoms with van der Waals surface area (Å²) in [6.07, 6.45) is 3.96. The van der Waals surface area contributed by atoms with Crippen LogP contribution in [0.5, 0.6) is 11.5 Å². The van der Waals surface area contributed by atoms with Crippen molar-refractivity contribution in [2.45, 2.75) is 13.5 Å². The van der Waals surface area contributed by atoms with Crippen LogP contribution >= 0.6 is 0 Å². The zero-order valence-corrected chi connectivity index (χ0v) is 15.0. The molecule has 0 bridgehead atoms. The fourth-order valence-electron chi connectivity index (χ4n) is 2.55. The number of nitrogens with zero attached hydrogens (tertiary/aromatic N) is 1. The summed E-state index contributed by atoms with van der Waals surface area (Å²) in [7, 11) is 0. The van der Waals surface area contributed by atoms with Gasteiger partial charge in [-0.05, 0) is 54.5 Å². The molecule has 0 fully saturated rings. The summed E-state index contributed by atoms with van der Waals surface area (Å²) in [6, 6.07) is 20.3. The molecule has 1 heterocycles. The monoisotopic (exact) mass is 363 g/mol. The van der Waals surface area contributed by atoms with Crippen molar-refractivity contribution in [2.24, 2.45) is 0 Å². The SMILES string of the molecule is Cc1cc(COc2ccc(OC/C=C/c3ccccc3)cc2)n(O)c(=O)c1. The molecule has 27 heavy (non-hydrogen) atoms. The van der Waals surface area contributed by atoms with E-state index in [1.165, 1.54) is 6.07 Å². The third kappa shape index (κ3) is 5.25. The summed E-state index contributed by atoms with van der Waals surface area (Å²) >= 11 is 0. The first kappa shape index (κ1) is 18.3. The predicted octanol–water partition coefficient (Wildman–Crippen LogP) is 4.07. The lowest BCUT2D eigenvalue weighted by Crippen LogP contribution is -2.21. The van der Waals surface area contributed by atoms with Crippen molar-refractivity contribution >= 4 is 6.08 Å². The number of rotatable bonds is 7. The highest BCUT2D eigenvalue weighted by molar-refractivity contribution is 5.48. The maximum Gasteiger partial charge on any atom is 0.283 e. The average molecular weight is 363 g/mol. The fraction of sp³-hybridized carbons (Fsp3) is 0.136. The molecule has 3 rings (SSSR count). The minimum absolute atomic E-state index is 0.0907. The van der Waals surface area contributed by atoms with Crippen LogP contribution in [0.4, 0.5) is 0 Å². The second kappa shape index (κ2) is 8.76. The number of aromatic nitrogens is 1. The Morgan fingerprint density at radius 2 is 1.63 bits per heavy atom. The molecule has 0 aliphatic rings. The highest BCUT2D eigenvalue weighted by Gasteiger charge is 2.05. The lowest BCUT2D eigenvalue weighted by molar-refractivity contribution is 0.147. The van der Waals surface area contributed by atoms with Crippen LogP contribution in [0.15, 0.2) is 77.6 Å². The molecule has 0 saturated heterocycles. The van der Waals surface area contributed by atoms with E-state index in [1.54, 1.807) is 25.1 Å². The van der Waals surface area contributed by atoms with Gasteiger partial charge >= 0.3 is 0 Å². The molecular formula is C22H21NO4. The normalized spacial score (nSPS) is 10.9. The Balaban J connectivity index is 1.52. The molecule has 0 aliphatic heterocycles. The minimum atomic E-state index is -0.471. The Bertz CT molecular complexity index is 960. The van der Waals surface area contributed by atoms with Gasteiger partial charge < -0.3 is 14.7 Å². The van der Waals surface area contributed by atoms with E-state index in [4.69, 9.17) is 9.47 Å². The zero-order valence-electron chi connectivity index (χ0n) is 15.0. The topological polar surface area (TPSA) is 60.7 Å². The Labute approximate surface area is 157 Å². The van der Waals surface area contributed by atoms with Gasteiger partial charge in [-0.3, -0.25) is 4.79 Å². The van der Waals surface area contributed by atoms with Gasteiger partial charge in [0, 0.05) is 6.07 Å². The molecule has 0 unspecified atom stereocenters. The lowest BCUT2D eigenvalue weighted by Gasteiger charge is -2.10. The molecule has 0 aliphatic carbocycles. The largest absolute Gasteiger partial charge is 0.490 e. The van der Waals surface area contributed by atoms with Gasteiger partial charge in [0.25, 0.3) is 5.56 Å². The first-order valence-corrected chi connectivity index (χ1v) is 8.61. The summed E-state index contributed by atoms with van der Waals surface area (Å²) < 4.78 is 11.9.